The zero-order valence-electron chi connectivity index (χ0n) is 11.6. The number of ketones is 1. The van der Waals surface area contributed by atoms with E-state index in [4.69, 9.17) is 0 Å². The van der Waals surface area contributed by atoms with Crippen LogP contribution in [0.4, 0.5) is 0 Å². The molecule has 0 unspecified atom stereocenters. The predicted octanol–water partition coefficient (Wildman–Crippen LogP) is 3.96. The molecule has 0 heterocycles. The van der Waals surface area contributed by atoms with Gasteiger partial charge in [-0.2, -0.15) is 0 Å². The summed E-state index contributed by atoms with van der Waals surface area (Å²) in [7, 11) is 0. The number of hydrogen-bond donors (Lipinski definition) is 1. The van der Waals surface area contributed by atoms with Gasteiger partial charge in [0.2, 0.25) is 0 Å². The maximum atomic E-state index is 12.3. The van der Waals surface area contributed by atoms with Crippen molar-refractivity contribution in [2.75, 3.05) is 0 Å². The number of rotatable bonds is 1. The van der Waals surface area contributed by atoms with Crippen molar-refractivity contribution < 1.29 is 9.90 Å². The van der Waals surface area contributed by atoms with Gasteiger partial charge in [-0.15, -0.1) is 0 Å². The topological polar surface area (TPSA) is 37.3 Å². The van der Waals surface area contributed by atoms with Crippen LogP contribution in [0.15, 0.2) is 35.1 Å². The largest absolute Gasteiger partial charge is 0.511 e. The second-order valence-electron chi connectivity index (χ2n) is 6.53. The van der Waals surface area contributed by atoms with E-state index < -0.39 is 5.41 Å². The van der Waals surface area contributed by atoms with Crippen molar-refractivity contribution in [3.05, 3.63) is 35.1 Å². The lowest BCUT2D eigenvalue weighted by Crippen LogP contribution is -2.23. The van der Waals surface area contributed by atoms with Crippen LogP contribution < -0.4 is 0 Å². The number of carbonyl (C=O) groups is 1. The van der Waals surface area contributed by atoms with E-state index in [0.29, 0.717) is 11.1 Å². The number of hydrogen-bond acceptors (Lipinski definition) is 2. The lowest BCUT2D eigenvalue weighted by Gasteiger charge is -2.23. The monoisotopic (exact) mass is 234 g/mol. The Morgan fingerprint density at radius 2 is 1.59 bits per heavy atom. The minimum absolute atomic E-state index is 0.0632. The summed E-state index contributed by atoms with van der Waals surface area (Å²) in [6.45, 7) is 11.5. The Kier molecular flexibility index (Phi) is 3.37. The molecule has 0 saturated carbocycles. The van der Waals surface area contributed by atoms with Crippen molar-refractivity contribution in [3.8, 4) is 0 Å². The van der Waals surface area contributed by atoms with E-state index in [1.165, 1.54) is 0 Å². The summed E-state index contributed by atoms with van der Waals surface area (Å²) in [5.74, 6) is 0.336. The van der Waals surface area contributed by atoms with Gasteiger partial charge in [0.1, 0.15) is 5.76 Å². The lowest BCUT2D eigenvalue weighted by atomic mass is 9.81. The molecular weight excluding hydrogens is 212 g/mol. The summed E-state index contributed by atoms with van der Waals surface area (Å²) in [5, 5.41) is 10.2. The highest BCUT2D eigenvalue weighted by Crippen LogP contribution is 2.35. The Morgan fingerprint density at radius 1 is 1.06 bits per heavy atom. The summed E-state index contributed by atoms with van der Waals surface area (Å²) < 4.78 is 0. The van der Waals surface area contributed by atoms with E-state index in [-0.39, 0.29) is 17.0 Å². The van der Waals surface area contributed by atoms with E-state index in [1.807, 2.05) is 47.6 Å². The molecule has 1 N–H and O–H groups in total. The molecule has 0 aromatic heterocycles. The summed E-state index contributed by atoms with van der Waals surface area (Å²) in [6, 6.07) is 0. The van der Waals surface area contributed by atoms with Crippen molar-refractivity contribution in [2.24, 2.45) is 10.8 Å². The second kappa shape index (κ2) is 4.17. The average molecular weight is 234 g/mol. The molecule has 1 rings (SSSR count). The van der Waals surface area contributed by atoms with Crippen molar-refractivity contribution in [1.82, 2.24) is 0 Å². The first-order valence-corrected chi connectivity index (χ1v) is 5.92. The van der Waals surface area contributed by atoms with Gasteiger partial charge in [0.25, 0.3) is 0 Å². The van der Waals surface area contributed by atoms with Crippen molar-refractivity contribution >= 4 is 5.78 Å². The minimum Gasteiger partial charge on any atom is -0.511 e. The molecule has 0 bridgehead atoms. The van der Waals surface area contributed by atoms with Crippen LogP contribution in [0, 0.1) is 10.8 Å². The molecule has 94 valence electrons. The molecule has 0 amide bonds. The highest BCUT2D eigenvalue weighted by atomic mass is 16.3. The molecule has 0 aromatic carbocycles. The van der Waals surface area contributed by atoms with Gasteiger partial charge in [0.15, 0.2) is 5.78 Å². The van der Waals surface area contributed by atoms with E-state index in [1.54, 1.807) is 12.2 Å². The highest BCUT2D eigenvalue weighted by molar-refractivity contribution is 6.04. The van der Waals surface area contributed by atoms with Crippen LogP contribution in [0.3, 0.4) is 0 Å². The molecule has 0 saturated heterocycles. The second-order valence-corrected chi connectivity index (χ2v) is 6.53. The number of carbonyl (C=O) groups excluding carboxylic acids is 1. The van der Waals surface area contributed by atoms with Crippen LogP contribution in [0.25, 0.3) is 0 Å². The molecule has 1 aliphatic rings. The molecule has 2 nitrogen and oxygen atoms in total. The molecule has 0 aromatic rings. The number of allylic oxidation sites excluding steroid dienone is 6. The van der Waals surface area contributed by atoms with Crippen LogP contribution in [-0.2, 0) is 4.79 Å². The zero-order chi connectivity index (χ0) is 13.4. The van der Waals surface area contributed by atoms with Gasteiger partial charge in [-0.1, -0.05) is 59.8 Å². The van der Waals surface area contributed by atoms with E-state index in [2.05, 4.69) is 0 Å². The van der Waals surface area contributed by atoms with Gasteiger partial charge in [-0.3, -0.25) is 4.79 Å². The Bertz CT molecular complexity index is 421. The lowest BCUT2D eigenvalue weighted by molar-refractivity contribution is -0.122. The van der Waals surface area contributed by atoms with Gasteiger partial charge in [0.05, 0.1) is 0 Å². The first kappa shape index (κ1) is 13.8. The fourth-order valence-corrected chi connectivity index (χ4v) is 1.63. The van der Waals surface area contributed by atoms with E-state index in [9.17, 15) is 9.90 Å². The maximum absolute atomic E-state index is 12.3. The quantitative estimate of drug-likeness (QED) is 0.697. The number of Topliss-reactive ketones (excluding diaryl/α,β-unsaturated/α-hetero) is 1. The third-order valence-corrected chi connectivity index (χ3v) is 2.71. The Balaban J connectivity index is 3.20. The molecule has 0 spiro atoms. The van der Waals surface area contributed by atoms with Gasteiger partial charge < -0.3 is 5.11 Å². The molecule has 1 aliphatic carbocycles. The fourth-order valence-electron chi connectivity index (χ4n) is 1.63. The fraction of sp³-hybridized carbons (Fsp3) is 0.533. The first-order valence-electron chi connectivity index (χ1n) is 5.92. The maximum Gasteiger partial charge on any atom is 0.168 e. The minimum atomic E-state index is -0.429. The van der Waals surface area contributed by atoms with Crippen LogP contribution in [0.2, 0.25) is 0 Å². The molecule has 0 fully saturated rings. The summed E-state index contributed by atoms with van der Waals surface area (Å²) in [4.78, 5) is 12.3. The number of aliphatic hydroxyl groups excluding tert-OH is 1. The molecule has 0 radical (unpaired) electrons. The molecule has 0 atom stereocenters. The summed E-state index contributed by atoms with van der Waals surface area (Å²) in [5.41, 5.74) is 0.505. The summed E-state index contributed by atoms with van der Waals surface area (Å²) >= 11 is 0. The predicted molar refractivity (Wildman–Crippen MR) is 70.8 cm³/mol. The molecular formula is C15H22O2. The summed E-state index contributed by atoms with van der Waals surface area (Å²) in [6.07, 6.45) is 5.40. The van der Waals surface area contributed by atoms with Crippen LogP contribution in [0.1, 0.15) is 41.5 Å². The van der Waals surface area contributed by atoms with Gasteiger partial charge >= 0.3 is 0 Å². The van der Waals surface area contributed by atoms with Crippen LogP contribution in [-0.4, -0.2) is 10.9 Å². The number of aliphatic hydroxyl groups is 1. The zero-order valence-corrected chi connectivity index (χ0v) is 11.6. The SMILES string of the molecule is CC(C)(C)C(=O)C1=CC=C/C1=C(/O)C(C)(C)C. The van der Waals surface area contributed by atoms with E-state index in [0.717, 1.165) is 0 Å². The van der Waals surface area contributed by atoms with Crippen LogP contribution in [0.5, 0.6) is 0 Å². The first-order chi connectivity index (χ1) is 7.55. The Labute approximate surface area is 104 Å². The molecule has 17 heavy (non-hydrogen) atoms. The van der Waals surface area contributed by atoms with Gasteiger partial charge in [0, 0.05) is 22.0 Å². The molecule has 0 aliphatic heterocycles. The smallest absolute Gasteiger partial charge is 0.168 e. The van der Waals surface area contributed by atoms with Crippen molar-refractivity contribution in [2.45, 2.75) is 41.5 Å². The Morgan fingerprint density at radius 3 is 2.00 bits per heavy atom. The Hall–Kier alpha value is -1.31. The van der Waals surface area contributed by atoms with Gasteiger partial charge in [-0.25, -0.2) is 0 Å². The van der Waals surface area contributed by atoms with Gasteiger partial charge in [-0.05, 0) is 0 Å². The average Bonchev–Trinajstić information content (AvgIpc) is 2.60. The van der Waals surface area contributed by atoms with Crippen LogP contribution >= 0.6 is 0 Å². The molecule has 2 heteroatoms. The normalized spacial score (nSPS) is 19.3. The third-order valence-electron chi connectivity index (χ3n) is 2.71. The third kappa shape index (κ3) is 2.87. The van der Waals surface area contributed by atoms with E-state index >= 15 is 0 Å². The standard InChI is InChI=1S/C15H22O2/c1-14(2,3)12(16)10-8-7-9-11(10)13(17)15(4,5)6/h7-9,16H,1-6H3/b12-10-. The van der Waals surface area contributed by atoms with Crippen molar-refractivity contribution in [1.29, 1.82) is 0 Å². The van der Waals surface area contributed by atoms with Crippen molar-refractivity contribution in [3.63, 3.8) is 0 Å². The highest BCUT2D eigenvalue weighted by Gasteiger charge is 2.31.